The summed E-state index contributed by atoms with van der Waals surface area (Å²) in [6, 6.07) is 0.479. The molecular weight excluding hydrogens is 162 g/mol. The minimum absolute atomic E-state index is 0.0824. The Labute approximate surface area is 80.4 Å². The average molecular weight is 181 g/mol. The minimum atomic E-state index is 0.0824. The van der Waals surface area contributed by atoms with Crippen LogP contribution in [0.1, 0.15) is 45.4 Å². The molecular formula is C11H19NO. The van der Waals surface area contributed by atoms with Gasteiger partial charge >= 0.3 is 0 Å². The minimum Gasteiger partial charge on any atom is -0.350 e. The molecule has 0 unspecified atom stereocenters. The Morgan fingerprint density at radius 2 is 2.23 bits per heavy atom. The van der Waals surface area contributed by atoms with Crippen LogP contribution in [-0.2, 0) is 4.79 Å². The predicted octanol–water partition coefficient (Wildman–Crippen LogP) is 2.40. The zero-order valence-corrected chi connectivity index (χ0v) is 8.38. The monoisotopic (exact) mass is 181 g/mol. The van der Waals surface area contributed by atoms with E-state index in [1.54, 1.807) is 6.08 Å². The van der Waals surface area contributed by atoms with Crippen LogP contribution >= 0.6 is 0 Å². The van der Waals surface area contributed by atoms with Crippen LogP contribution < -0.4 is 5.32 Å². The quantitative estimate of drug-likeness (QED) is 0.495. The second kappa shape index (κ2) is 5.79. The van der Waals surface area contributed by atoms with Crippen LogP contribution in [0.3, 0.4) is 0 Å². The highest BCUT2D eigenvalue weighted by molar-refractivity contribution is 5.87. The summed E-state index contributed by atoms with van der Waals surface area (Å²) in [6.07, 6.45) is 10.7. The van der Waals surface area contributed by atoms with E-state index in [1.807, 2.05) is 6.08 Å². The van der Waals surface area contributed by atoms with E-state index in [0.717, 1.165) is 19.3 Å². The molecule has 1 aliphatic carbocycles. The number of carbonyl (C=O) groups excluding carboxylic acids is 1. The molecule has 0 aromatic carbocycles. The summed E-state index contributed by atoms with van der Waals surface area (Å²) < 4.78 is 0. The molecule has 0 radical (unpaired) electrons. The van der Waals surface area contributed by atoms with Gasteiger partial charge in [-0.25, -0.2) is 0 Å². The van der Waals surface area contributed by atoms with E-state index in [0.29, 0.717) is 6.04 Å². The topological polar surface area (TPSA) is 29.1 Å². The van der Waals surface area contributed by atoms with Crippen molar-refractivity contribution in [3.8, 4) is 0 Å². The fourth-order valence-electron chi connectivity index (χ4n) is 1.18. The molecule has 1 N–H and O–H groups in total. The molecule has 0 spiro atoms. The van der Waals surface area contributed by atoms with E-state index in [2.05, 4.69) is 12.2 Å². The van der Waals surface area contributed by atoms with Crippen LogP contribution in [0.2, 0.25) is 0 Å². The lowest BCUT2D eigenvalue weighted by Crippen LogP contribution is -2.22. The highest BCUT2D eigenvalue weighted by Crippen LogP contribution is 2.18. The number of rotatable bonds is 6. The fourth-order valence-corrected chi connectivity index (χ4v) is 1.18. The van der Waals surface area contributed by atoms with Gasteiger partial charge in [0.25, 0.3) is 0 Å². The molecule has 74 valence electrons. The number of hydrogen-bond acceptors (Lipinski definition) is 1. The zero-order valence-electron chi connectivity index (χ0n) is 8.38. The molecule has 0 aromatic rings. The molecule has 2 nitrogen and oxygen atoms in total. The molecule has 0 aliphatic heterocycles. The van der Waals surface area contributed by atoms with Crippen LogP contribution in [0.5, 0.6) is 0 Å². The Kier molecular flexibility index (Phi) is 4.58. The van der Waals surface area contributed by atoms with E-state index in [9.17, 15) is 4.79 Å². The second-order valence-corrected chi connectivity index (χ2v) is 3.68. The molecule has 1 aliphatic rings. The number of hydrogen-bond donors (Lipinski definition) is 1. The summed E-state index contributed by atoms with van der Waals surface area (Å²) >= 11 is 0. The van der Waals surface area contributed by atoms with Crippen LogP contribution in [0.15, 0.2) is 12.2 Å². The highest BCUT2D eigenvalue weighted by atomic mass is 16.1. The van der Waals surface area contributed by atoms with Gasteiger partial charge in [0.2, 0.25) is 5.91 Å². The van der Waals surface area contributed by atoms with Crippen molar-refractivity contribution in [1.29, 1.82) is 0 Å². The Balaban J connectivity index is 1.97. The molecule has 0 atom stereocenters. The van der Waals surface area contributed by atoms with Crippen molar-refractivity contribution in [1.82, 2.24) is 5.32 Å². The Morgan fingerprint density at radius 1 is 1.46 bits per heavy atom. The van der Waals surface area contributed by atoms with Crippen molar-refractivity contribution in [2.75, 3.05) is 0 Å². The number of allylic oxidation sites excluding steroid dienone is 1. The maximum Gasteiger partial charge on any atom is 0.243 e. The van der Waals surface area contributed by atoms with Crippen LogP contribution in [0.25, 0.3) is 0 Å². The lowest BCUT2D eigenvalue weighted by Gasteiger charge is -1.96. The van der Waals surface area contributed by atoms with Gasteiger partial charge in [0.1, 0.15) is 0 Å². The summed E-state index contributed by atoms with van der Waals surface area (Å²) in [5, 5.41) is 2.92. The third-order valence-electron chi connectivity index (χ3n) is 2.17. The molecule has 0 heterocycles. The first-order valence-electron chi connectivity index (χ1n) is 5.30. The van der Waals surface area contributed by atoms with E-state index >= 15 is 0 Å². The summed E-state index contributed by atoms with van der Waals surface area (Å²) in [4.78, 5) is 11.1. The van der Waals surface area contributed by atoms with E-state index in [1.165, 1.54) is 19.3 Å². The van der Waals surface area contributed by atoms with Crippen molar-refractivity contribution in [3.05, 3.63) is 12.2 Å². The summed E-state index contributed by atoms with van der Waals surface area (Å²) in [5.41, 5.74) is 0. The number of amides is 1. The van der Waals surface area contributed by atoms with Crippen molar-refractivity contribution in [2.24, 2.45) is 0 Å². The van der Waals surface area contributed by atoms with Gasteiger partial charge in [-0.05, 0) is 31.8 Å². The van der Waals surface area contributed by atoms with Gasteiger partial charge in [0.05, 0.1) is 0 Å². The lowest BCUT2D eigenvalue weighted by atomic mass is 10.2. The first-order chi connectivity index (χ1) is 6.33. The van der Waals surface area contributed by atoms with E-state index in [-0.39, 0.29) is 5.91 Å². The van der Waals surface area contributed by atoms with E-state index < -0.39 is 0 Å². The van der Waals surface area contributed by atoms with Gasteiger partial charge in [-0.2, -0.15) is 0 Å². The van der Waals surface area contributed by atoms with Crippen LogP contribution in [-0.4, -0.2) is 11.9 Å². The van der Waals surface area contributed by atoms with Gasteiger partial charge in [-0.15, -0.1) is 0 Å². The Hall–Kier alpha value is -0.790. The molecule has 1 amide bonds. The second-order valence-electron chi connectivity index (χ2n) is 3.68. The van der Waals surface area contributed by atoms with Crippen LogP contribution in [0.4, 0.5) is 0 Å². The molecule has 13 heavy (non-hydrogen) atoms. The molecule has 2 heteroatoms. The lowest BCUT2D eigenvalue weighted by molar-refractivity contribution is -0.116. The SMILES string of the molecule is CCCCCC=CC(=O)NC1CC1. The predicted molar refractivity (Wildman–Crippen MR) is 54.4 cm³/mol. The maximum atomic E-state index is 11.1. The summed E-state index contributed by atoms with van der Waals surface area (Å²) in [5.74, 6) is 0.0824. The zero-order chi connectivity index (χ0) is 9.52. The third kappa shape index (κ3) is 5.45. The number of carbonyl (C=O) groups is 1. The highest BCUT2D eigenvalue weighted by Gasteiger charge is 2.21. The van der Waals surface area contributed by atoms with Gasteiger partial charge < -0.3 is 5.32 Å². The van der Waals surface area contributed by atoms with Gasteiger partial charge in [-0.1, -0.05) is 25.8 Å². The third-order valence-corrected chi connectivity index (χ3v) is 2.17. The first kappa shape index (κ1) is 10.3. The number of unbranched alkanes of at least 4 members (excludes halogenated alkanes) is 3. The van der Waals surface area contributed by atoms with Crippen molar-refractivity contribution in [3.63, 3.8) is 0 Å². The van der Waals surface area contributed by atoms with E-state index in [4.69, 9.17) is 0 Å². The van der Waals surface area contributed by atoms with Crippen molar-refractivity contribution >= 4 is 5.91 Å². The summed E-state index contributed by atoms with van der Waals surface area (Å²) in [7, 11) is 0. The Bertz CT molecular complexity index is 183. The maximum absolute atomic E-state index is 11.1. The van der Waals surface area contributed by atoms with Crippen molar-refractivity contribution in [2.45, 2.75) is 51.5 Å². The Morgan fingerprint density at radius 3 is 2.85 bits per heavy atom. The molecule has 0 saturated heterocycles. The molecule has 1 fully saturated rings. The largest absolute Gasteiger partial charge is 0.350 e. The van der Waals surface area contributed by atoms with Crippen LogP contribution in [0, 0.1) is 0 Å². The molecule has 1 saturated carbocycles. The van der Waals surface area contributed by atoms with Gasteiger partial charge in [0.15, 0.2) is 0 Å². The van der Waals surface area contributed by atoms with Gasteiger partial charge in [-0.3, -0.25) is 4.79 Å². The van der Waals surface area contributed by atoms with Gasteiger partial charge in [0, 0.05) is 6.04 Å². The average Bonchev–Trinajstić information content (AvgIpc) is 2.88. The smallest absolute Gasteiger partial charge is 0.243 e. The summed E-state index contributed by atoms with van der Waals surface area (Å²) in [6.45, 7) is 2.18. The van der Waals surface area contributed by atoms with Crippen molar-refractivity contribution < 1.29 is 4.79 Å². The molecule has 0 bridgehead atoms. The first-order valence-corrected chi connectivity index (χ1v) is 5.30. The number of nitrogens with one attached hydrogen (secondary N) is 1. The normalized spacial score (nSPS) is 16.4. The molecule has 1 rings (SSSR count). The standard InChI is InChI=1S/C11H19NO/c1-2-3-4-5-6-7-11(13)12-10-8-9-10/h6-7,10H,2-5,8-9H2,1H3,(H,12,13). The fraction of sp³-hybridized carbons (Fsp3) is 0.727. The molecule has 0 aromatic heterocycles.